The summed E-state index contributed by atoms with van der Waals surface area (Å²) in [7, 11) is 0. The normalized spacial score (nSPS) is 21.9. The number of fused-ring (bicyclic) bond motifs is 1. The standard InChI is InChI=1S/C20H26N4O2S/c21-18(25)10-11-19-22-23-20(24(19)13-15-7-4-12-26-15)27-17-9-3-6-14-5-1-2-8-16(14)17/h1-2,5,8,15,17H,3-4,6-7,9-13H2,(H2,21,25). The number of aromatic nitrogens is 3. The van der Waals surface area contributed by atoms with Gasteiger partial charge in [-0.05, 0) is 43.2 Å². The molecule has 1 aliphatic carbocycles. The summed E-state index contributed by atoms with van der Waals surface area (Å²) in [5.41, 5.74) is 8.20. The molecule has 2 N–H and O–H groups in total. The number of nitrogens with zero attached hydrogens (tertiary/aromatic N) is 3. The maximum absolute atomic E-state index is 11.2. The van der Waals surface area contributed by atoms with Crippen LogP contribution in [0.1, 0.15) is 54.3 Å². The number of carbonyl (C=O) groups is 1. The average molecular weight is 387 g/mol. The molecule has 1 fully saturated rings. The highest BCUT2D eigenvalue weighted by Crippen LogP contribution is 2.43. The molecule has 1 amide bonds. The van der Waals surface area contributed by atoms with Crippen LogP contribution >= 0.6 is 11.8 Å². The van der Waals surface area contributed by atoms with Crippen molar-refractivity contribution in [2.75, 3.05) is 6.61 Å². The number of thioether (sulfide) groups is 1. The summed E-state index contributed by atoms with van der Waals surface area (Å²) in [4.78, 5) is 11.2. The van der Waals surface area contributed by atoms with Gasteiger partial charge < -0.3 is 15.0 Å². The molecule has 0 bridgehead atoms. The molecule has 4 rings (SSSR count). The Morgan fingerprint density at radius 3 is 2.96 bits per heavy atom. The van der Waals surface area contributed by atoms with E-state index in [9.17, 15) is 4.79 Å². The second-order valence-electron chi connectivity index (χ2n) is 7.31. The minimum absolute atomic E-state index is 0.200. The number of hydrogen-bond acceptors (Lipinski definition) is 5. The van der Waals surface area contributed by atoms with Crippen molar-refractivity contribution in [3.63, 3.8) is 0 Å². The van der Waals surface area contributed by atoms with E-state index in [-0.39, 0.29) is 12.0 Å². The van der Waals surface area contributed by atoms with E-state index in [4.69, 9.17) is 10.5 Å². The molecule has 1 aliphatic heterocycles. The van der Waals surface area contributed by atoms with Crippen LogP contribution < -0.4 is 5.73 Å². The Balaban J connectivity index is 1.57. The quantitative estimate of drug-likeness (QED) is 0.791. The van der Waals surface area contributed by atoms with Crippen molar-refractivity contribution in [3.8, 4) is 0 Å². The Morgan fingerprint density at radius 2 is 2.15 bits per heavy atom. The Morgan fingerprint density at radius 1 is 1.26 bits per heavy atom. The Kier molecular flexibility index (Phi) is 5.78. The van der Waals surface area contributed by atoms with Crippen LogP contribution in [0.4, 0.5) is 0 Å². The molecule has 1 aromatic carbocycles. The third-order valence-corrected chi connectivity index (χ3v) is 6.65. The lowest BCUT2D eigenvalue weighted by atomic mass is 9.91. The second kappa shape index (κ2) is 8.44. The number of amides is 1. The van der Waals surface area contributed by atoms with Crippen molar-refractivity contribution in [3.05, 3.63) is 41.2 Å². The third-order valence-electron chi connectivity index (χ3n) is 5.36. The Labute approximate surface area is 163 Å². The second-order valence-corrected chi connectivity index (χ2v) is 8.48. The molecule has 6 nitrogen and oxygen atoms in total. The van der Waals surface area contributed by atoms with Crippen LogP contribution in [0.5, 0.6) is 0 Å². The van der Waals surface area contributed by atoms with Crippen LogP contribution in [-0.2, 0) is 28.9 Å². The molecule has 0 saturated carbocycles. The van der Waals surface area contributed by atoms with Gasteiger partial charge in [-0.3, -0.25) is 4.79 Å². The van der Waals surface area contributed by atoms with Gasteiger partial charge in [-0.1, -0.05) is 36.0 Å². The fourth-order valence-electron chi connectivity index (χ4n) is 3.96. The molecule has 1 saturated heterocycles. The van der Waals surface area contributed by atoms with E-state index in [1.54, 1.807) is 11.8 Å². The number of nitrogens with two attached hydrogens (primary N) is 1. The fourth-order valence-corrected chi connectivity index (χ4v) is 5.25. The van der Waals surface area contributed by atoms with Crippen molar-refractivity contribution < 1.29 is 9.53 Å². The van der Waals surface area contributed by atoms with Crippen molar-refractivity contribution in [1.82, 2.24) is 14.8 Å². The molecule has 0 spiro atoms. The molecule has 27 heavy (non-hydrogen) atoms. The molecule has 2 aromatic rings. The van der Waals surface area contributed by atoms with Gasteiger partial charge in [0.2, 0.25) is 5.91 Å². The van der Waals surface area contributed by atoms with Gasteiger partial charge >= 0.3 is 0 Å². The van der Waals surface area contributed by atoms with Crippen LogP contribution in [0.25, 0.3) is 0 Å². The average Bonchev–Trinajstić information content (AvgIpc) is 3.31. The third kappa shape index (κ3) is 4.35. The van der Waals surface area contributed by atoms with E-state index < -0.39 is 0 Å². The number of hydrogen-bond donors (Lipinski definition) is 1. The number of ether oxygens (including phenoxy) is 1. The molecule has 144 valence electrons. The SMILES string of the molecule is NC(=O)CCc1nnc(SC2CCCc3ccccc32)n1CC1CCCO1. The van der Waals surface area contributed by atoms with Crippen molar-refractivity contribution >= 4 is 17.7 Å². The summed E-state index contributed by atoms with van der Waals surface area (Å²) in [6.07, 6.45) is 6.67. The summed E-state index contributed by atoms with van der Waals surface area (Å²) in [6, 6.07) is 8.71. The topological polar surface area (TPSA) is 83.0 Å². The molecule has 1 aromatic heterocycles. The van der Waals surface area contributed by atoms with Gasteiger partial charge in [0.25, 0.3) is 0 Å². The number of primary amides is 1. The van der Waals surface area contributed by atoms with E-state index in [0.29, 0.717) is 18.1 Å². The van der Waals surface area contributed by atoms with Crippen LogP contribution in [-0.4, -0.2) is 33.4 Å². The first-order chi connectivity index (χ1) is 13.2. The highest BCUT2D eigenvalue weighted by molar-refractivity contribution is 7.99. The van der Waals surface area contributed by atoms with Gasteiger partial charge in [0.15, 0.2) is 5.16 Å². The lowest BCUT2D eigenvalue weighted by Crippen LogP contribution is -2.19. The van der Waals surface area contributed by atoms with Gasteiger partial charge in [0.05, 0.1) is 12.6 Å². The minimum Gasteiger partial charge on any atom is -0.376 e. The molecule has 2 atom stereocenters. The van der Waals surface area contributed by atoms with Gasteiger partial charge in [0, 0.05) is 24.7 Å². The zero-order chi connectivity index (χ0) is 18.6. The first kappa shape index (κ1) is 18.5. The van der Waals surface area contributed by atoms with Crippen LogP contribution in [0.15, 0.2) is 29.4 Å². The molecule has 7 heteroatoms. The zero-order valence-corrected chi connectivity index (χ0v) is 16.3. The van der Waals surface area contributed by atoms with E-state index in [1.165, 1.54) is 17.5 Å². The number of carbonyl (C=O) groups excluding carboxylic acids is 1. The summed E-state index contributed by atoms with van der Waals surface area (Å²) in [5.74, 6) is 0.521. The van der Waals surface area contributed by atoms with Crippen molar-refractivity contribution in [2.24, 2.45) is 5.73 Å². The molecule has 0 radical (unpaired) electrons. The summed E-state index contributed by atoms with van der Waals surface area (Å²) in [6.45, 7) is 1.57. The molecular formula is C20H26N4O2S. The molecule has 2 unspecified atom stereocenters. The van der Waals surface area contributed by atoms with E-state index in [1.807, 2.05) is 0 Å². The van der Waals surface area contributed by atoms with Crippen LogP contribution in [0.2, 0.25) is 0 Å². The maximum Gasteiger partial charge on any atom is 0.217 e. The van der Waals surface area contributed by atoms with Gasteiger partial charge in [-0.2, -0.15) is 0 Å². The van der Waals surface area contributed by atoms with E-state index in [2.05, 4.69) is 39.0 Å². The highest BCUT2D eigenvalue weighted by atomic mass is 32.2. The molecule has 2 heterocycles. The zero-order valence-electron chi connectivity index (χ0n) is 15.5. The smallest absolute Gasteiger partial charge is 0.217 e. The number of rotatable bonds is 7. The summed E-state index contributed by atoms with van der Waals surface area (Å²) >= 11 is 1.79. The van der Waals surface area contributed by atoms with Crippen molar-refractivity contribution in [2.45, 2.75) is 68.0 Å². The Hall–Kier alpha value is -1.86. The minimum atomic E-state index is -0.308. The first-order valence-electron chi connectivity index (χ1n) is 9.77. The lowest BCUT2D eigenvalue weighted by Gasteiger charge is -2.25. The Bertz CT molecular complexity index is 801. The summed E-state index contributed by atoms with van der Waals surface area (Å²) in [5, 5.41) is 10.2. The monoisotopic (exact) mass is 386 g/mol. The largest absolute Gasteiger partial charge is 0.376 e. The van der Waals surface area contributed by atoms with Gasteiger partial charge in [0.1, 0.15) is 5.82 Å². The fraction of sp³-hybridized carbons (Fsp3) is 0.550. The maximum atomic E-state index is 11.2. The predicted octanol–water partition coefficient (Wildman–Crippen LogP) is 3.04. The first-order valence-corrected chi connectivity index (χ1v) is 10.6. The molecular weight excluding hydrogens is 360 g/mol. The van der Waals surface area contributed by atoms with Gasteiger partial charge in [-0.25, -0.2) is 0 Å². The van der Waals surface area contributed by atoms with E-state index in [0.717, 1.165) is 49.8 Å². The van der Waals surface area contributed by atoms with Crippen molar-refractivity contribution in [1.29, 1.82) is 0 Å². The van der Waals surface area contributed by atoms with Crippen LogP contribution in [0, 0.1) is 0 Å². The molecule has 2 aliphatic rings. The lowest BCUT2D eigenvalue weighted by molar-refractivity contribution is -0.118. The highest BCUT2D eigenvalue weighted by Gasteiger charge is 2.26. The summed E-state index contributed by atoms with van der Waals surface area (Å²) < 4.78 is 7.98. The number of aryl methyl sites for hydroxylation is 2. The van der Waals surface area contributed by atoms with Crippen LogP contribution in [0.3, 0.4) is 0 Å². The predicted molar refractivity (Wildman–Crippen MR) is 104 cm³/mol. The van der Waals surface area contributed by atoms with Gasteiger partial charge in [-0.15, -0.1) is 10.2 Å². The van der Waals surface area contributed by atoms with E-state index >= 15 is 0 Å². The number of benzene rings is 1.